The van der Waals surface area contributed by atoms with Crippen LogP contribution >= 0.6 is 0 Å². The molecule has 0 amide bonds. The molecule has 0 saturated heterocycles. The quantitative estimate of drug-likeness (QED) is 0.758. The Bertz CT molecular complexity index is 307. The summed E-state index contributed by atoms with van der Waals surface area (Å²) < 4.78 is 22.8. The summed E-state index contributed by atoms with van der Waals surface area (Å²) in [6.07, 6.45) is 2.52. The van der Waals surface area contributed by atoms with E-state index in [0.29, 0.717) is 11.5 Å². The van der Waals surface area contributed by atoms with Gasteiger partial charge in [0.1, 0.15) is 0 Å². The molecule has 1 aliphatic rings. The van der Waals surface area contributed by atoms with E-state index in [9.17, 15) is 8.42 Å². The molecule has 0 aromatic rings. The zero-order valence-electron chi connectivity index (χ0n) is 10.2. The fourth-order valence-corrected chi connectivity index (χ4v) is 2.90. The molecule has 2 unspecified atom stereocenters. The Labute approximate surface area is 93.6 Å². The molecule has 0 aromatic heterocycles. The van der Waals surface area contributed by atoms with Crippen LogP contribution in [-0.4, -0.2) is 32.0 Å². The Kier molecular flexibility index (Phi) is 3.82. The van der Waals surface area contributed by atoms with Gasteiger partial charge in [-0.2, -0.15) is 0 Å². The van der Waals surface area contributed by atoms with Gasteiger partial charge in [0.15, 0.2) is 9.84 Å². The van der Waals surface area contributed by atoms with Crippen LogP contribution in [0.25, 0.3) is 0 Å². The molecule has 0 radical (unpaired) electrons. The second-order valence-electron chi connectivity index (χ2n) is 5.14. The van der Waals surface area contributed by atoms with Crippen molar-refractivity contribution in [2.24, 2.45) is 5.41 Å². The minimum atomic E-state index is -2.85. The van der Waals surface area contributed by atoms with Crippen LogP contribution in [-0.2, 0) is 9.84 Å². The molecule has 0 aliphatic heterocycles. The number of sulfone groups is 1. The topological polar surface area (TPSA) is 46.2 Å². The minimum absolute atomic E-state index is 0.0578. The molecule has 90 valence electrons. The fourth-order valence-electron chi connectivity index (χ4n) is 1.81. The standard InChI is InChI=1S/C11H23NO2S/c1-5-15(13,14)8-9(2)12-10(3)11(4)6-7-11/h9-10,12H,5-8H2,1-4H3. The summed E-state index contributed by atoms with van der Waals surface area (Å²) in [5, 5.41) is 3.39. The minimum Gasteiger partial charge on any atom is -0.310 e. The lowest BCUT2D eigenvalue weighted by atomic mass is 10.0. The average molecular weight is 233 g/mol. The van der Waals surface area contributed by atoms with Crippen molar-refractivity contribution in [3.8, 4) is 0 Å². The first-order chi connectivity index (χ1) is 6.79. The second-order valence-corrected chi connectivity index (χ2v) is 7.54. The first kappa shape index (κ1) is 13.0. The van der Waals surface area contributed by atoms with Crippen LogP contribution in [0.3, 0.4) is 0 Å². The van der Waals surface area contributed by atoms with Gasteiger partial charge in [-0.3, -0.25) is 0 Å². The third-order valence-corrected chi connectivity index (χ3v) is 5.45. The Morgan fingerprint density at radius 3 is 2.27 bits per heavy atom. The summed E-state index contributed by atoms with van der Waals surface area (Å²) >= 11 is 0. The number of rotatable bonds is 6. The first-order valence-electron chi connectivity index (χ1n) is 5.75. The molecule has 3 nitrogen and oxygen atoms in total. The highest BCUT2D eigenvalue weighted by Crippen LogP contribution is 2.48. The lowest BCUT2D eigenvalue weighted by Gasteiger charge is -2.24. The largest absolute Gasteiger partial charge is 0.310 e. The molecule has 0 aromatic carbocycles. The van der Waals surface area contributed by atoms with Crippen molar-refractivity contribution < 1.29 is 8.42 Å². The van der Waals surface area contributed by atoms with Crippen molar-refractivity contribution in [3.05, 3.63) is 0 Å². The molecule has 1 saturated carbocycles. The molecule has 0 bridgehead atoms. The van der Waals surface area contributed by atoms with Crippen LogP contribution in [0, 0.1) is 5.41 Å². The molecular weight excluding hydrogens is 210 g/mol. The number of nitrogens with one attached hydrogen (secondary N) is 1. The predicted molar refractivity (Wildman–Crippen MR) is 63.7 cm³/mol. The molecule has 0 heterocycles. The fraction of sp³-hybridized carbons (Fsp3) is 1.00. The molecule has 1 fully saturated rings. The van der Waals surface area contributed by atoms with Crippen molar-refractivity contribution in [2.75, 3.05) is 11.5 Å². The summed E-state index contributed by atoms with van der Waals surface area (Å²) in [5.74, 6) is 0.495. The summed E-state index contributed by atoms with van der Waals surface area (Å²) in [5.41, 5.74) is 0.407. The first-order valence-corrected chi connectivity index (χ1v) is 7.58. The lowest BCUT2D eigenvalue weighted by molar-refractivity contribution is 0.356. The smallest absolute Gasteiger partial charge is 0.151 e. The highest BCUT2D eigenvalue weighted by Gasteiger charge is 2.42. The number of hydrogen-bond acceptors (Lipinski definition) is 3. The highest BCUT2D eigenvalue weighted by molar-refractivity contribution is 7.91. The van der Waals surface area contributed by atoms with Crippen LogP contribution in [0.4, 0.5) is 0 Å². The van der Waals surface area contributed by atoms with Crippen LogP contribution in [0.5, 0.6) is 0 Å². The van der Waals surface area contributed by atoms with E-state index in [0.717, 1.165) is 0 Å². The maximum Gasteiger partial charge on any atom is 0.151 e. The number of hydrogen-bond donors (Lipinski definition) is 1. The van der Waals surface area contributed by atoms with Gasteiger partial charge in [0.2, 0.25) is 0 Å². The third-order valence-electron chi connectivity index (χ3n) is 3.56. The van der Waals surface area contributed by atoms with Gasteiger partial charge in [-0.25, -0.2) is 8.42 Å². The van der Waals surface area contributed by atoms with Gasteiger partial charge < -0.3 is 5.32 Å². The summed E-state index contributed by atoms with van der Waals surface area (Å²) in [6.45, 7) is 8.07. The molecule has 2 atom stereocenters. The summed E-state index contributed by atoms with van der Waals surface area (Å²) in [4.78, 5) is 0. The van der Waals surface area contributed by atoms with Gasteiger partial charge in [0, 0.05) is 17.8 Å². The maximum absolute atomic E-state index is 11.4. The lowest BCUT2D eigenvalue weighted by Crippen LogP contribution is -2.43. The van der Waals surface area contributed by atoms with Gasteiger partial charge in [-0.1, -0.05) is 13.8 Å². The van der Waals surface area contributed by atoms with Crippen LogP contribution < -0.4 is 5.32 Å². The average Bonchev–Trinajstić information content (AvgIpc) is 2.84. The Hall–Kier alpha value is -0.0900. The molecule has 4 heteroatoms. The van der Waals surface area contributed by atoms with E-state index in [4.69, 9.17) is 0 Å². The van der Waals surface area contributed by atoms with Crippen molar-refractivity contribution in [1.82, 2.24) is 5.32 Å². The zero-order valence-corrected chi connectivity index (χ0v) is 11.0. The Morgan fingerprint density at radius 2 is 1.87 bits per heavy atom. The van der Waals surface area contributed by atoms with E-state index < -0.39 is 9.84 Å². The Balaban J connectivity index is 2.39. The zero-order chi connectivity index (χ0) is 11.7. The van der Waals surface area contributed by atoms with Crippen molar-refractivity contribution in [2.45, 2.75) is 52.6 Å². The van der Waals surface area contributed by atoms with Crippen molar-refractivity contribution in [1.29, 1.82) is 0 Å². The van der Waals surface area contributed by atoms with Gasteiger partial charge in [-0.05, 0) is 32.1 Å². The molecule has 1 rings (SSSR count). The second kappa shape index (κ2) is 4.42. The normalized spacial score (nSPS) is 23.5. The summed E-state index contributed by atoms with van der Waals surface area (Å²) in [6, 6.07) is 0.474. The van der Waals surface area contributed by atoms with Crippen LogP contribution in [0.15, 0.2) is 0 Å². The van der Waals surface area contributed by atoms with Gasteiger partial charge in [0.25, 0.3) is 0 Å². The van der Waals surface area contributed by atoms with Gasteiger partial charge in [-0.15, -0.1) is 0 Å². The molecular formula is C11H23NO2S. The Morgan fingerprint density at radius 1 is 1.33 bits per heavy atom. The van der Waals surface area contributed by atoms with E-state index >= 15 is 0 Å². The maximum atomic E-state index is 11.4. The van der Waals surface area contributed by atoms with E-state index in [2.05, 4.69) is 19.2 Å². The third kappa shape index (κ3) is 3.76. The molecule has 1 N–H and O–H groups in total. The van der Waals surface area contributed by atoms with E-state index in [1.165, 1.54) is 12.8 Å². The SMILES string of the molecule is CCS(=O)(=O)CC(C)NC(C)C1(C)CC1. The molecule has 0 spiro atoms. The summed E-state index contributed by atoms with van der Waals surface area (Å²) in [7, 11) is -2.85. The van der Waals surface area contributed by atoms with Gasteiger partial charge >= 0.3 is 0 Å². The highest BCUT2D eigenvalue weighted by atomic mass is 32.2. The van der Waals surface area contributed by atoms with Crippen LogP contribution in [0.2, 0.25) is 0 Å². The predicted octanol–water partition coefficient (Wildman–Crippen LogP) is 1.59. The van der Waals surface area contributed by atoms with Gasteiger partial charge in [0.05, 0.1) is 5.75 Å². The van der Waals surface area contributed by atoms with Crippen LogP contribution in [0.1, 0.15) is 40.5 Å². The van der Waals surface area contributed by atoms with Crippen molar-refractivity contribution >= 4 is 9.84 Å². The molecule has 15 heavy (non-hydrogen) atoms. The van der Waals surface area contributed by atoms with E-state index in [1.807, 2.05) is 6.92 Å². The van der Waals surface area contributed by atoms with Crippen molar-refractivity contribution in [3.63, 3.8) is 0 Å². The molecule has 1 aliphatic carbocycles. The van der Waals surface area contributed by atoms with E-state index in [-0.39, 0.29) is 17.5 Å². The monoisotopic (exact) mass is 233 g/mol. The van der Waals surface area contributed by atoms with E-state index in [1.54, 1.807) is 6.92 Å².